The minimum absolute atomic E-state index is 0.0267. The number of carbonyl (C=O) groups is 1. The number of esters is 1. The molecule has 0 amide bonds. The second-order valence-corrected chi connectivity index (χ2v) is 10.1. The Labute approximate surface area is 175 Å². The van der Waals surface area contributed by atoms with E-state index in [9.17, 15) is 13.2 Å². The van der Waals surface area contributed by atoms with Crippen molar-refractivity contribution in [2.45, 2.75) is 36.7 Å². The average Bonchev–Trinajstić information content (AvgIpc) is 3.08. The minimum Gasteiger partial charge on any atom is -0.465 e. The van der Waals surface area contributed by atoms with Crippen LogP contribution in [-0.4, -0.2) is 52.7 Å². The number of fused-ring (bicyclic) bond motifs is 1. The second-order valence-electron chi connectivity index (χ2n) is 7.08. The van der Waals surface area contributed by atoms with Crippen molar-refractivity contribution in [1.29, 1.82) is 0 Å². The summed E-state index contributed by atoms with van der Waals surface area (Å²) in [6, 6.07) is 9.71. The van der Waals surface area contributed by atoms with E-state index in [0.717, 1.165) is 34.9 Å². The predicted octanol–water partition coefficient (Wildman–Crippen LogP) is 2.41. The summed E-state index contributed by atoms with van der Waals surface area (Å²) in [7, 11) is -1.09. The van der Waals surface area contributed by atoms with E-state index in [0.29, 0.717) is 13.0 Å². The number of ether oxygens (including phenoxy) is 2. The maximum Gasteiger partial charge on any atom is 0.340 e. The van der Waals surface area contributed by atoms with Crippen LogP contribution < -0.4 is 4.72 Å². The van der Waals surface area contributed by atoms with Crippen molar-refractivity contribution in [3.63, 3.8) is 0 Å². The lowest BCUT2D eigenvalue weighted by molar-refractivity contribution is 0.0595. The van der Waals surface area contributed by atoms with Crippen LogP contribution in [0.2, 0.25) is 0 Å². The summed E-state index contributed by atoms with van der Waals surface area (Å²) in [4.78, 5) is 15.6. The molecule has 0 spiro atoms. The fourth-order valence-corrected chi connectivity index (χ4v) is 6.68. The van der Waals surface area contributed by atoms with Gasteiger partial charge in [0, 0.05) is 37.7 Å². The molecule has 0 fully saturated rings. The highest BCUT2D eigenvalue weighted by molar-refractivity contribution is 7.91. The molecule has 0 aliphatic carbocycles. The minimum atomic E-state index is -3.87. The summed E-state index contributed by atoms with van der Waals surface area (Å²) in [5.41, 5.74) is 2.15. The number of methoxy groups -OCH3 is 2. The van der Waals surface area contributed by atoms with Gasteiger partial charge in [-0.25, -0.2) is 17.9 Å². The Morgan fingerprint density at radius 1 is 1.28 bits per heavy atom. The molecular weight excluding hydrogens is 412 g/mol. The smallest absolute Gasteiger partial charge is 0.340 e. The van der Waals surface area contributed by atoms with E-state index in [2.05, 4.69) is 21.8 Å². The Hall–Kier alpha value is -1.78. The first-order valence-electron chi connectivity index (χ1n) is 9.36. The molecule has 2 heterocycles. The maximum absolute atomic E-state index is 13.0. The van der Waals surface area contributed by atoms with Crippen molar-refractivity contribution in [1.82, 2.24) is 9.62 Å². The first-order valence-corrected chi connectivity index (χ1v) is 11.7. The van der Waals surface area contributed by atoms with Gasteiger partial charge in [0.1, 0.15) is 4.21 Å². The molecule has 7 nitrogen and oxygen atoms in total. The van der Waals surface area contributed by atoms with Crippen molar-refractivity contribution in [2.24, 2.45) is 0 Å². The van der Waals surface area contributed by atoms with E-state index in [-0.39, 0.29) is 16.4 Å². The van der Waals surface area contributed by atoms with Crippen LogP contribution in [0.1, 0.15) is 33.3 Å². The van der Waals surface area contributed by atoms with Crippen molar-refractivity contribution >= 4 is 27.3 Å². The highest BCUT2D eigenvalue weighted by atomic mass is 32.2. The Morgan fingerprint density at radius 2 is 2.00 bits per heavy atom. The quantitative estimate of drug-likeness (QED) is 0.637. The Balaban J connectivity index is 1.91. The molecule has 1 unspecified atom stereocenters. The molecule has 1 atom stereocenters. The molecule has 1 aliphatic heterocycles. The molecule has 1 aliphatic rings. The van der Waals surface area contributed by atoms with Gasteiger partial charge in [-0.3, -0.25) is 4.90 Å². The van der Waals surface area contributed by atoms with Crippen LogP contribution in [-0.2, 0) is 39.0 Å². The number of carbonyl (C=O) groups excluding carboxylic acids is 1. The van der Waals surface area contributed by atoms with Gasteiger partial charge in [-0.05, 0) is 24.5 Å². The lowest BCUT2D eigenvalue weighted by Gasteiger charge is -2.27. The van der Waals surface area contributed by atoms with Gasteiger partial charge < -0.3 is 9.47 Å². The van der Waals surface area contributed by atoms with Crippen LogP contribution >= 0.6 is 11.3 Å². The molecule has 1 aromatic heterocycles. The first kappa shape index (κ1) is 21.9. The van der Waals surface area contributed by atoms with Gasteiger partial charge in [-0.1, -0.05) is 30.3 Å². The number of nitrogens with zero attached hydrogens (tertiary/aromatic N) is 1. The molecule has 0 saturated carbocycles. The van der Waals surface area contributed by atoms with E-state index >= 15 is 0 Å². The van der Waals surface area contributed by atoms with Gasteiger partial charge in [0.2, 0.25) is 0 Å². The number of hydrogen-bond donors (Lipinski definition) is 1. The summed E-state index contributed by atoms with van der Waals surface area (Å²) in [6.45, 7) is 4.07. The molecule has 1 aromatic carbocycles. The molecule has 2 aromatic rings. The molecule has 0 bridgehead atoms. The van der Waals surface area contributed by atoms with E-state index < -0.39 is 22.0 Å². The fraction of sp³-hybridized carbons (Fsp3) is 0.450. The molecule has 9 heteroatoms. The number of rotatable bonds is 8. The normalized spacial score (nSPS) is 15.7. The molecule has 0 saturated heterocycles. The highest BCUT2D eigenvalue weighted by Gasteiger charge is 2.34. The standard InChI is InChI=1S/C20H26N2O5S2/c1-14(13-26-2)21-29(24,25)20-18(19(23)27-3)16-9-10-22(12-17(16)28-20)11-15-7-5-4-6-8-15/h4-8,14,21H,9-13H2,1-3H3. The van der Waals surface area contributed by atoms with Crippen LogP contribution in [0.15, 0.2) is 34.5 Å². The molecule has 158 valence electrons. The molecule has 29 heavy (non-hydrogen) atoms. The van der Waals surface area contributed by atoms with Gasteiger partial charge in [0.15, 0.2) is 0 Å². The largest absolute Gasteiger partial charge is 0.465 e. The third kappa shape index (κ3) is 5.04. The monoisotopic (exact) mass is 438 g/mol. The van der Waals surface area contributed by atoms with Crippen molar-refractivity contribution in [3.05, 3.63) is 51.9 Å². The van der Waals surface area contributed by atoms with Crippen molar-refractivity contribution in [3.8, 4) is 0 Å². The van der Waals surface area contributed by atoms with Gasteiger partial charge >= 0.3 is 5.97 Å². The van der Waals surface area contributed by atoms with Crippen LogP contribution in [0.3, 0.4) is 0 Å². The Bertz CT molecular complexity index is 957. The number of nitrogens with one attached hydrogen (secondary N) is 1. The summed E-state index contributed by atoms with van der Waals surface area (Å²) >= 11 is 1.15. The second kappa shape index (κ2) is 9.36. The topological polar surface area (TPSA) is 84.9 Å². The lowest BCUT2D eigenvalue weighted by atomic mass is 10.0. The zero-order valence-corrected chi connectivity index (χ0v) is 18.4. The van der Waals surface area contributed by atoms with Crippen LogP contribution in [0.5, 0.6) is 0 Å². The van der Waals surface area contributed by atoms with E-state index in [1.807, 2.05) is 18.2 Å². The van der Waals surface area contributed by atoms with E-state index in [1.54, 1.807) is 6.92 Å². The number of benzene rings is 1. The number of sulfonamides is 1. The zero-order chi connectivity index (χ0) is 21.0. The third-order valence-corrected chi connectivity index (χ3v) is 8.08. The van der Waals surface area contributed by atoms with Gasteiger partial charge in [-0.15, -0.1) is 11.3 Å². The van der Waals surface area contributed by atoms with Gasteiger partial charge in [-0.2, -0.15) is 0 Å². The van der Waals surface area contributed by atoms with E-state index in [4.69, 9.17) is 9.47 Å². The lowest BCUT2D eigenvalue weighted by Crippen LogP contribution is -2.36. The zero-order valence-electron chi connectivity index (χ0n) is 16.8. The Morgan fingerprint density at radius 3 is 2.66 bits per heavy atom. The molecular formula is C20H26N2O5S2. The van der Waals surface area contributed by atoms with Crippen LogP contribution in [0.25, 0.3) is 0 Å². The predicted molar refractivity (Wildman–Crippen MR) is 112 cm³/mol. The highest BCUT2D eigenvalue weighted by Crippen LogP contribution is 2.37. The fourth-order valence-electron chi connectivity index (χ4n) is 3.51. The van der Waals surface area contributed by atoms with Crippen LogP contribution in [0.4, 0.5) is 0 Å². The summed E-state index contributed by atoms with van der Waals surface area (Å²) in [6.07, 6.45) is 0.603. The Kier molecular flexibility index (Phi) is 7.07. The summed E-state index contributed by atoms with van der Waals surface area (Å²) in [5, 5.41) is 0. The molecule has 3 rings (SSSR count). The third-order valence-electron chi connectivity index (χ3n) is 4.76. The van der Waals surface area contributed by atoms with Crippen molar-refractivity contribution < 1.29 is 22.7 Å². The first-order chi connectivity index (χ1) is 13.9. The summed E-state index contributed by atoms with van der Waals surface area (Å²) in [5.74, 6) is -0.612. The molecule has 0 radical (unpaired) electrons. The number of hydrogen-bond acceptors (Lipinski definition) is 7. The van der Waals surface area contributed by atoms with Crippen LogP contribution in [0, 0.1) is 0 Å². The van der Waals surface area contributed by atoms with Gasteiger partial charge in [0.25, 0.3) is 10.0 Å². The van der Waals surface area contributed by atoms with Crippen molar-refractivity contribution in [2.75, 3.05) is 27.4 Å². The van der Waals surface area contributed by atoms with E-state index in [1.165, 1.54) is 19.8 Å². The average molecular weight is 439 g/mol. The SMILES string of the molecule is COCC(C)NS(=O)(=O)c1sc2c(c1C(=O)OC)CCN(Cc1ccccc1)C2. The molecule has 1 N–H and O–H groups in total. The summed E-state index contributed by atoms with van der Waals surface area (Å²) < 4.78 is 38.5. The van der Waals surface area contributed by atoms with Gasteiger partial charge in [0.05, 0.1) is 19.3 Å². The maximum atomic E-state index is 13.0. The number of thiophene rings is 1.